The van der Waals surface area contributed by atoms with Gasteiger partial charge in [-0.15, -0.1) is 0 Å². The monoisotopic (exact) mass is 153 g/mol. The SMILES string of the molecule is COC1=CC(=O)NC2CCC12. The zero-order chi connectivity index (χ0) is 7.84. The van der Waals surface area contributed by atoms with Crippen LogP contribution in [0.4, 0.5) is 0 Å². The lowest BCUT2D eigenvalue weighted by atomic mass is 9.76. The predicted octanol–water partition coefficient (Wildman–Crippen LogP) is 0.425. The van der Waals surface area contributed by atoms with Crippen LogP contribution in [0.1, 0.15) is 12.8 Å². The zero-order valence-corrected chi connectivity index (χ0v) is 6.46. The molecule has 0 saturated heterocycles. The second-order valence-electron chi connectivity index (χ2n) is 3.05. The van der Waals surface area contributed by atoms with Gasteiger partial charge in [-0.25, -0.2) is 0 Å². The summed E-state index contributed by atoms with van der Waals surface area (Å²) in [5.41, 5.74) is 0. The number of rotatable bonds is 1. The Morgan fingerprint density at radius 1 is 1.64 bits per heavy atom. The lowest BCUT2D eigenvalue weighted by Crippen LogP contribution is -2.50. The Morgan fingerprint density at radius 3 is 3.00 bits per heavy atom. The minimum atomic E-state index is -0.0113. The van der Waals surface area contributed by atoms with Crippen LogP contribution in [0.25, 0.3) is 0 Å². The van der Waals surface area contributed by atoms with Crippen molar-refractivity contribution < 1.29 is 9.53 Å². The molecular weight excluding hydrogens is 142 g/mol. The smallest absolute Gasteiger partial charge is 0.247 e. The normalized spacial score (nSPS) is 34.6. The summed E-state index contributed by atoms with van der Waals surface area (Å²) in [5.74, 6) is 1.30. The molecule has 1 saturated carbocycles. The predicted molar refractivity (Wildman–Crippen MR) is 39.7 cm³/mol. The van der Waals surface area contributed by atoms with E-state index in [1.165, 1.54) is 0 Å². The summed E-state index contributed by atoms with van der Waals surface area (Å²) in [5, 5.41) is 2.88. The highest BCUT2D eigenvalue weighted by Gasteiger charge is 2.38. The molecule has 1 fully saturated rings. The third-order valence-electron chi connectivity index (χ3n) is 2.48. The zero-order valence-electron chi connectivity index (χ0n) is 6.46. The van der Waals surface area contributed by atoms with Crippen molar-refractivity contribution in [3.05, 3.63) is 11.8 Å². The molecule has 2 aliphatic rings. The van der Waals surface area contributed by atoms with E-state index >= 15 is 0 Å². The number of hydrogen-bond acceptors (Lipinski definition) is 2. The average molecular weight is 153 g/mol. The number of fused-ring (bicyclic) bond motifs is 1. The first-order chi connectivity index (χ1) is 5.31. The van der Waals surface area contributed by atoms with Crippen molar-refractivity contribution in [3.8, 4) is 0 Å². The molecule has 0 bridgehead atoms. The van der Waals surface area contributed by atoms with Gasteiger partial charge in [-0.2, -0.15) is 0 Å². The standard InChI is InChI=1S/C8H11NO2/c1-11-7-4-8(10)9-6-3-2-5(6)7/h4-6H,2-3H2,1H3,(H,9,10). The molecule has 2 unspecified atom stereocenters. The molecular formula is C8H11NO2. The quantitative estimate of drug-likeness (QED) is 0.593. The number of amides is 1. The van der Waals surface area contributed by atoms with Gasteiger partial charge < -0.3 is 10.1 Å². The van der Waals surface area contributed by atoms with Crippen LogP contribution in [-0.4, -0.2) is 19.1 Å². The number of carbonyl (C=O) groups is 1. The van der Waals surface area contributed by atoms with Gasteiger partial charge in [0.05, 0.1) is 7.11 Å². The highest BCUT2D eigenvalue weighted by atomic mass is 16.5. The van der Waals surface area contributed by atoms with Gasteiger partial charge in [-0.3, -0.25) is 4.79 Å². The fourth-order valence-electron chi connectivity index (χ4n) is 1.68. The second-order valence-corrected chi connectivity index (χ2v) is 3.05. The van der Waals surface area contributed by atoms with Crippen LogP contribution in [0, 0.1) is 5.92 Å². The van der Waals surface area contributed by atoms with E-state index in [0.717, 1.165) is 18.6 Å². The van der Waals surface area contributed by atoms with E-state index in [9.17, 15) is 4.79 Å². The van der Waals surface area contributed by atoms with E-state index in [1.807, 2.05) is 0 Å². The lowest BCUT2D eigenvalue weighted by molar-refractivity contribution is -0.119. The third-order valence-corrected chi connectivity index (χ3v) is 2.48. The number of hydrogen-bond donors (Lipinski definition) is 1. The number of nitrogens with one attached hydrogen (secondary N) is 1. The highest BCUT2D eigenvalue weighted by Crippen LogP contribution is 2.35. The first-order valence-electron chi connectivity index (χ1n) is 3.87. The summed E-state index contributed by atoms with van der Waals surface area (Å²) in [7, 11) is 1.62. The summed E-state index contributed by atoms with van der Waals surface area (Å²) in [6.45, 7) is 0. The van der Waals surface area contributed by atoms with Crippen molar-refractivity contribution in [1.82, 2.24) is 5.32 Å². The van der Waals surface area contributed by atoms with Crippen molar-refractivity contribution in [3.63, 3.8) is 0 Å². The van der Waals surface area contributed by atoms with Crippen molar-refractivity contribution in [1.29, 1.82) is 0 Å². The van der Waals surface area contributed by atoms with Crippen LogP contribution in [0.15, 0.2) is 11.8 Å². The summed E-state index contributed by atoms with van der Waals surface area (Å²) in [4.78, 5) is 11.0. The molecule has 11 heavy (non-hydrogen) atoms. The van der Waals surface area contributed by atoms with Crippen LogP contribution < -0.4 is 5.32 Å². The lowest BCUT2D eigenvalue weighted by Gasteiger charge is -2.40. The Kier molecular flexibility index (Phi) is 1.37. The molecule has 0 aromatic heterocycles. The molecule has 1 heterocycles. The van der Waals surface area contributed by atoms with E-state index in [2.05, 4.69) is 5.32 Å². The Bertz CT molecular complexity index is 222. The van der Waals surface area contributed by atoms with Gasteiger partial charge in [0, 0.05) is 18.0 Å². The first kappa shape index (κ1) is 6.70. The van der Waals surface area contributed by atoms with Crippen molar-refractivity contribution >= 4 is 5.91 Å². The van der Waals surface area contributed by atoms with Crippen LogP contribution in [-0.2, 0) is 9.53 Å². The number of carbonyl (C=O) groups excluding carboxylic acids is 1. The fourth-order valence-corrected chi connectivity index (χ4v) is 1.68. The molecule has 3 nitrogen and oxygen atoms in total. The molecule has 1 aliphatic carbocycles. The minimum Gasteiger partial charge on any atom is -0.501 e. The van der Waals surface area contributed by atoms with Gasteiger partial charge in [0.15, 0.2) is 0 Å². The molecule has 3 heteroatoms. The van der Waals surface area contributed by atoms with Crippen molar-refractivity contribution in [2.75, 3.05) is 7.11 Å². The summed E-state index contributed by atoms with van der Waals surface area (Å²) < 4.78 is 5.10. The Balaban J connectivity index is 2.20. The summed E-state index contributed by atoms with van der Waals surface area (Å²) >= 11 is 0. The maximum Gasteiger partial charge on any atom is 0.247 e. The second kappa shape index (κ2) is 2.26. The van der Waals surface area contributed by atoms with Gasteiger partial charge in [-0.1, -0.05) is 0 Å². The molecule has 1 aliphatic heterocycles. The Morgan fingerprint density at radius 2 is 2.45 bits per heavy atom. The van der Waals surface area contributed by atoms with E-state index in [-0.39, 0.29) is 5.91 Å². The molecule has 0 aromatic rings. The first-order valence-corrected chi connectivity index (χ1v) is 3.87. The molecule has 0 aromatic carbocycles. The summed E-state index contributed by atoms with van der Waals surface area (Å²) in [6, 6.07) is 0.349. The van der Waals surface area contributed by atoms with Crippen LogP contribution in [0.5, 0.6) is 0 Å². The van der Waals surface area contributed by atoms with E-state index in [4.69, 9.17) is 4.74 Å². The molecule has 1 amide bonds. The molecule has 1 N–H and O–H groups in total. The fraction of sp³-hybridized carbons (Fsp3) is 0.625. The minimum absolute atomic E-state index is 0.0113. The molecule has 60 valence electrons. The maximum atomic E-state index is 11.0. The van der Waals surface area contributed by atoms with Crippen LogP contribution in [0.3, 0.4) is 0 Å². The van der Waals surface area contributed by atoms with Crippen molar-refractivity contribution in [2.45, 2.75) is 18.9 Å². The van der Waals surface area contributed by atoms with Gasteiger partial charge >= 0.3 is 0 Å². The highest BCUT2D eigenvalue weighted by molar-refractivity contribution is 5.89. The van der Waals surface area contributed by atoms with Gasteiger partial charge in [0.1, 0.15) is 5.76 Å². The number of methoxy groups -OCH3 is 1. The molecule has 0 spiro atoms. The van der Waals surface area contributed by atoms with Crippen LogP contribution in [0.2, 0.25) is 0 Å². The average Bonchev–Trinajstić information content (AvgIpc) is 1.95. The maximum absolute atomic E-state index is 11.0. The largest absolute Gasteiger partial charge is 0.501 e. The summed E-state index contributed by atoms with van der Waals surface area (Å²) in [6.07, 6.45) is 3.79. The number of ether oxygens (including phenoxy) is 1. The van der Waals surface area contributed by atoms with Gasteiger partial charge in [0.25, 0.3) is 0 Å². The third kappa shape index (κ3) is 0.914. The van der Waals surface area contributed by atoms with Gasteiger partial charge in [0.2, 0.25) is 5.91 Å². The molecule has 2 atom stereocenters. The van der Waals surface area contributed by atoms with E-state index in [0.29, 0.717) is 12.0 Å². The molecule has 0 radical (unpaired) electrons. The van der Waals surface area contributed by atoms with E-state index < -0.39 is 0 Å². The van der Waals surface area contributed by atoms with Gasteiger partial charge in [-0.05, 0) is 12.8 Å². The van der Waals surface area contributed by atoms with Crippen molar-refractivity contribution in [2.24, 2.45) is 5.92 Å². The van der Waals surface area contributed by atoms with Crippen LogP contribution >= 0.6 is 0 Å². The van der Waals surface area contributed by atoms with E-state index in [1.54, 1.807) is 13.2 Å². The Hall–Kier alpha value is -0.990. The Labute approximate surface area is 65.4 Å². The molecule has 2 rings (SSSR count). The topological polar surface area (TPSA) is 38.3 Å².